The van der Waals surface area contributed by atoms with Crippen LogP contribution >= 0.6 is 0 Å². The first-order chi connectivity index (χ1) is 13.1. The summed E-state index contributed by atoms with van der Waals surface area (Å²) in [5.74, 6) is 0.475. The molecule has 0 bridgehead atoms. The summed E-state index contributed by atoms with van der Waals surface area (Å²) in [6.07, 6.45) is 5.14. The van der Waals surface area contributed by atoms with Crippen molar-refractivity contribution in [2.45, 2.75) is 19.3 Å². The number of H-pyrrole nitrogens is 1. The summed E-state index contributed by atoms with van der Waals surface area (Å²) < 4.78 is 0. The highest BCUT2D eigenvalue weighted by atomic mass is 16.2. The van der Waals surface area contributed by atoms with Crippen LogP contribution in [0.2, 0.25) is 0 Å². The molecule has 3 N–H and O–H groups in total. The largest absolute Gasteiger partial charge is 0.358 e. The molecule has 0 spiro atoms. The van der Waals surface area contributed by atoms with Gasteiger partial charge >= 0.3 is 0 Å². The molecule has 4 rings (SSSR count). The second kappa shape index (κ2) is 7.07. The molecule has 0 atom stereocenters. The Morgan fingerprint density at radius 1 is 1.26 bits per heavy atom. The van der Waals surface area contributed by atoms with E-state index < -0.39 is 0 Å². The summed E-state index contributed by atoms with van der Waals surface area (Å²) in [6, 6.07) is 12.1. The van der Waals surface area contributed by atoms with Gasteiger partial charge in [-0.1, -0.05) is 18.2 Å². The molecule has 136 valence electrons. The molecule has 1 aromatic carbocycles. The van der Waals surface area contributed by atoms with Crippen LogP contribution in [-0.2, 0) is 22.4 Å². The Kier molecular flexibility index (Phi) is 4.46. The quantitative estimate of drug-likeness (QED) is 0.625. The number of amides is 2. The van der Waals surface area contributed by atoms with Crippen LogP contribution in [0.25, 0.3) is 17.0 Å². The number of hydrogen-bond acceptors (Lipinski definition) is 3. The molecule has 3 heterocycles. The Morgan fingerprint density at radius 3 is 2.93 bits per heavy atom. The number of aryl methyl sites for hydroxylation is 1. The number of pyridine rings is 1. The van der Waals surface area contributed by atoms with Crippen molar-refractivity contribution in [1.29, 1.82) is 0 Å². The van der Waals surface area contributed by atoms with Gasteiger partial charge in [0.1, 0.15) is 5.82 Å². The van der Waals surface area contributed by atoms with E-state index in [0.29, 0.717) is 30.7 Å². The first-order valence-corrected chi connectivity index (χ1v) is 8.90. The fraction of sp³-hybridized carbons (Fsp3) is 0.190. The number of benzene rings is 1. The van der Waals surface area contributed by atoms with Crippen LogP contribution in [-0.4, -0.2) is 28.8 Å². The molecule has 0 saturated carbocycles. The summed E-state index contributed by atoms with van der Waals surface area (Å²) in [7, 11) is 1.63. The molecule has 1 aliphatic rings. The number of aromatic nitrogens is 2. The first-order valence-electron chi connectivity index (χ1n) is 8.90. The van der Waals surface area contributed by atoms with E-state index in [-0.39, 0.29) is 11.8 Å². The summed E-state index contributed by atoms with van der Waals surface area (Å²) in [4.78, 5) is 31.6. The number of carbonyl (C=O) groups excluding carboxylic acids is 2. The van der Waals surface area contributed by atoms with Crippen molar-refractivity contribution in [2.24, 2.45) is 0 Å². The van der Waals surface area contributed by atoms with Gasteiger partial charge in [-0.15, -0.1) is 0 Å². The monoisotopic (exact) mass is 360 g/mol. The topological polar surface area (TPSA) is 86.9 Å². The number of carbonyl (C=O) groups is 2. The van der Waals surface area contributed by atoms with Gasteiger partial charge in [-0.05, 0) is 47.2 Å². The highest BCUT2D eigenvalue weighted by Crippen LogP contribution is 2.23. The SMILES string of the molecule is CNC(=O)/C(=C/c1cnc2c(c1)CCC(=O)N2)Cc1cc2ccccc2[nH]1. The number of nitrogens with one attached hydrogen (secondary N) is 3. The number of fused-ring (bicyclic) bond motifs is 2. The molecule has 6 heteroatoms. The maximum Gasteiger partial charge on any atom is 0.247 e. The van der Waals surface area contributed by atoms with Crippen LogP contribution in [0.3, 0.4) is 0 Å². The van der Waals surface area contributed by atoms with Gasteiger partial charge in [0.05, 0.1) is 0 Å². The van der Waals surface area contributed by atoms with Crippen LogP contribution in [0.1, 0.15) is 23.2 Å². The molecule has 0 radical (unpaired) electrons. The predicted octanol–water partition coefficient (Wildman–Crippen LogP) is 2.82. The van der Waals surface area contributed by atoms with E-state index >= 15 is 0 Å². The summed E-state index contributed by atoms with van der Waals surface area (Å²) in [5.41, 5.74) is 4.51. The standard InChI is InChI=1S/C21H20N4O2/c1-22-21(27)16(11-17-10-14-4-2-3-5-18(14)24-17)9-13-8-15-6-7-19(26)25-20(15)23-12-13/h2-5,8-10,12,24H,6-7,11H2,1H3,(H,22,27)(H,23,25,26)/b16-9+. The third-order valence-corrected chi connectivity index (χ3v) is 4.69. The van der Waals surface area contributed by atoms with Crippen LogP contribution < -0.4 is 10.6 Å². The molecule has 2 aromatic heterocycles. The van der Waals surface area contributed by atoms with Crippen molar-refractivity contribution in [3.63, 3.8) is 0 Å². The van der Waals surface area contributed by atoms with Gasteiger partial charge in [-0.25, -0.2) is 4.98 Å². The maximum absolute atomic E-state index is 12.4. The highest BCUT2D eigenvalue weighted by Gasteiger charge is 2.17. The molecular formula is C21H20N4O2. The minimum atomic E-state index is -0.125. The van der Waals surface area contributed by atoms with Gasteiger partial charge in [0, 0.05) is 42.9 Å². The Morgan fingerprint density at radius 2 is 2.11 bits per heavy atom. The highest BCUT2D eigenvalue weighted by molar-refractivity contribution is 5.98. The van der Waals surface area contributed by atoms with Crippen molar-refractivity contribution in [3.8, 4) is 0 Å². The Hall–Kier alpha value is -3.41. The van der Waals surface area contributed by atoms with Crippen LogP contribution in [0.5, 0.6) is 0 Å². The van der Waals surface area contributed by atoms with Crippen molar-refractivity contribution in [1.82, 2.24) is 15.3 Å². The number of para-hydroxylation sites is 1. The van der Waals surface area contributed by atoms with Crippen molar-refractivity contribution in [2.75, 3.05) is 12.4 Å². The van der Waals surface area contributed by atoms with Gasteiger partial charge < -0.3 is 15.6 Å². The minimum absolute atomic E-state index is 0.0110. The third-order valence-electron chi connectivity index (χ3n) is 4.69. The normalized spacial score (nSPS) is 14.0. The average Bonchev–Trinajstić information content (AvgIpc) is 3.09. The second-order valence-electron chi connectivity index (χ2n) is 6.63. The van der Waals surface area contributed by atoms with E-state index in [1.165, 1.54) is 0 Å². The fourth-order valence-corrected chi connectivity index (χ4v) is 3.35. The van der Waals surface area contributed by atoms with E-state index in [2.05, 4.69) is 26.7 Å². The molecule has 3 aromatic rings. The van der Waals surface area contributed by atoms with E-state index in [0.717, 1.165) is 27.7 Å². The molecule has 0 unspecified atom stereocenters. The number of hydrogen-bond donors (Lipinski definition) is 3. The average molecular weight is 360 g/mol. The molecule has 0 aliphatic carbocycles. The minimum Gasteiger partial charge on any atom is -0.358 e. The van der Waals surface area contributed by atoms with E-state index in [1.807, 2.05) is 36.4 Å². The number of aromatic amines is 1. The number of likely N-dealkylation sites (N-methyl/N-ethyl adjacent to an activating group) is 1. The lowest BCUT2D eigenvalue weighted by Gasteiger charge is -2.15. The summed E-state index contributed by atoms with van der Waals surface area (Å²) >= 11 is 0. The van der Waals surface area contributed by atoms with Crippen LogP contribution in [0.4, 0.5) is 5.82 Å². The van der Waals surface area contributed by atoms with Gasteiger partial charge in [-0.2, -0.15) is 0 Å². The number of nitrogens with zero attached hydrogens (tertiary/aromatic N) is 1. The lowest BCUT2D eigenvalue weighted by molar-refractivity contribution is -0.117. The Bertz CT molecular complexity index is 1030. The van der Waals surface area contributed by atoms with Gasteiger partial charge in [0.15, 0.2) is 0 Å². The van der Waals surface area contributed by atoms with Gasteiger partial charge in [-0.3, -0.25) is 9.59 Å². The van der Waals surface area contributed by atoms with Gasteiger partial charge in [0.25, 0.3) is 0 Å². The van der Waals surface area contributed by atoms with Crippen molar-refractivity contribution < 1.29 is 9.59 Å². The summed E-state index contributed by atoms with van der Waals surface area (Å²) in [5, 5.41) is 6.60. The van der Waals surface area contributed by atoms with Crippen LogP contribution in [0, 0.1) is 0 Å². The predicted molar refractivity (Wildman–Crippen MR) is 105 cm³/mol. The number of anilines is 1. The van der Waals surface area contributed by atoms with E-state index in [4.69, 9.17) is 0 Å². The van der Waals surface area contributed by atoms with Crippen molar-refractivity contribution in [3.05, 3.63) is 65.0 Å². The Balaban J connectivity index is 1.65. The van der Waals surface area contributed by atoms with Crippen molar-refractivity contribution >= 4 is 34.6 Å². The van der Waals surface area contributed by atoms with Crippen LogP contribution in [0.15, 0.2) is 48.2 Å². The maximum atomic E-state index is 12.4. The third kappa shape index (κ3) is 3.60. The Labute approximate surface area is 156 Å². The van der Waals surface area contributed by atoms with E-state index in [1.54, 1.807) is 13.2 Å². The van der Waals surface area contributed by atoms with Gasteiger partial charge in [0.2, 0.25) is 11.8 Å². The molecular weight excluding hydrogens is 340 g/mol. The van der Waals surface area contributed by atoms with E-state index in [9.17, 15) is 9.59 Å². The number of rotatable bonds is 4. The zero-order chi connectivity index (χ0) is 18.8. The smallest absolute Gasteiger partial charge is 0.247 e. The first kappa shape index (κ1) is 17.0. The molecule has 0 saturated heterocycles. The molecule has 2 amide bonds. The second-order valence-corrected chi connectivity index (χ2v) is 6.63. The molecule has 27 heavy (non-hydrogen) atoms. The summed E-state index contributed by atoms with van der Waals surface area (Å²) in [6.45, 7) is 0. The molecule has 6 nitrogen and oxygen atoms in total. The zero-order valence-electron chi connectivity index (χ0n) is 15.0. The molecule has 0 fully saturated rings. The fourth-order valence-electron chi connectivity index (χ4n) is 3.35. The molecule has 1 aliphatic heterocycles. The lowest BCUT2D eigenvalue weighted by atomic mass is 10.0. The lowest BCUT2D eigenvalue weighted by Crippen LogP contribution is -2.21. The zero-order valence-corrected chi connectivity index (χ0v) is 15.0.